The number of aromatic nitrogens is 3. The van der Waals surface area contributed by atoms with Crippen LogP contribution in [0.1, 0.15) is 22.6 Å². The molecule has 3 fully saturated rings. The number of piperidine rings is 1. The van der Waals surface area contributed by atoms with Crippen molar-refractivity contribution in [1.82, 2.24) is 24.2 Å². The smallest absolute Gasteiger partial charge is 0.274 e. The Morgan fingerprint density at radius 3 is 2.58 bits per heavy atom. The highest BCUT2D eigenvalue weighted by Gasteiger charge is 2.65. The summed E-state index contributed by atoms with van der Waals surface area (Å²) in [6.07, 6.45) is 4.00. The van der Waals surface area contributed by atoms with Crippen molar-refractivity contribution < 1.29 is 21.3 Å². The number of rotatable bonds is 4. The Morgan fingerprint density at radius 2 is 1.91 bits per heavy atom. The summed E-state index contributed by atoms with van der Waals surface area (Å²) in [7, 11) is -3.23. The Kier molecular flexibility index (Phi) is 4.45. The molecule has 33 heavy (non-hydrogen) atoms. The molecule has 0 radical (unpaired) electrons. The molecule has 0 aliphatic carbocycles. The van der Waals surface area contributed by atoms with Gasteiger partial charge in [0.15, 0.2) is 5.82 Å². The van der Waals surface area contributed by atoms with Crippen molar-refractivity contribution in [2.75, 3.05) is 62.7 Å². The van der Waals surface area contributed by atoms with E-state index in [1.165, 1.54) is 15.5 Å². The van der Waals surface area contributed by atoms with Gasteiger partial charge in [-0.15, -0.1) is 0 Å². The lowest BCUT2D eigenvalue weighted by Crippen LogP contribution is -2.63. The van der Waals surface area contributed by atoms with Crippen molar-refractivity contribution in [2.24, 2.45) is 5.41 Å². The van der Waals surface area contributed by atoms with E-state index in [4.69, 9.17) is 4.11 Å². The van der Waals surface area contributed by atoms with Gasteiger partial charge in [-0.25, -0.2) is 36.5 Å². The standard InChI is InChI=1S/C21H29F2N7O2S/c1-14-8-15-9-24-19(26-16-4-6-30(7-5-16)33(3,31)32)27-17(15)18(25-14)29-12-20(10-28(2)11-20)21(22,23)13-29/h8-9,16H,4-7,10-13H2,1-3H3,(H,24,26,27)/i2D3. The number of alkyl halides is 2. The first-order chi connectivity index (χ1) is 16.7. The van der Waals surface area contributed by atoms with Crippen LogP contribution < -0.4 is 10.2 Å². The van der Waals surface area contributed by atoms with E-state index in [1.54, 1.807) is 19.2 Å². The van der Waals surface area contributed by atoms with Crippen LogP contribution >= 0.6 is 0 Å². The third-order valence-corrected chi connectivity index (χ3v) is 8.18. The van der Waals surface area contributed by atoms with Crippen molar-refractivity contribution >= 4 is 32.7 Å². The Balaban J connectivity index is 1.38. The summed E-state index contributed by atoms with van der Waals surface area (Å²) >= 11 is 0. The van der Waals surface area contributed by atoms with Gasteiger partial charge in [-0.1, -0.05) is 0 Å². The Labute approximate surface area is 196 Å². The fraction of sp³-hybridized carbons (Fsp3) is 0.667. The maximum absolute atomic E-state index is 15.2. The zero-order chi connectivity index (χ0) is 26.1. The maximum atomic E-state index is 15.2. The highest BCUT2D eigenvalue weighted by molar-refractivity contribution is 7.88. The minimum absolute atomic E-state index is 0.0190. The van der Waals surface area contributed by atoms with Gasteiger partial charge in [0.25, 0.3) is 5.92 Å². The summed E-state index contributed by atoms with van der Waals surface area (Å²) in [4.78, 5) is 16.1. The van der Waals surface area contributed by atoms with E-state index < -0.39 is 34.9 Å². The first kappa shape index (κ1) is 19.2. The predicted molar refractivity (Wildman–Crippen MR) is 122 cm³/mol. The van der Waals surface area contributed by atoms with E-state index >= 15 is 8.78 Å². The van der Waals surface area contributed by atoms with Gasteiger partial charge in [-0.2, -0.15) is 0 Å². The molecule has 5 heterocycles. The minimum atomic E-state index is -3.23. The van der Waals surface area contributed by atoms with Gasteiger partial charge in [-0.05, 0) is 32.8 Å². The number of likely N-dealkylation sites (tertiary alicyclic amines) is 1. The molecule has 0 atom stereocenters. The average molecular weight is 485 g/mol. The molecule has 12 heteroatoms. The first-order valence-corrected chi connectivity index (χ1v) is 12.8. The molecule has 3 aliphatic heterocycles. The Morgan fingerprint density at radius 1 is 1.18 bits per heavy atom. The molecular weight excluding hydrogens is 452 g/mol. The molecule has 5 rings (SSSR count). The number of sulfonamides is 1. The molecule has 3 aliphatic rings. The summed E-state index contributed by atoms with van der Waals surface area (Å²) in [5.74, 6) is -2.43. The summed E-state index contributed by atoms with van der Waals surface area (Å²) in [6, 6.07) is 1.76. The molecule has 3 saturated heterocycles. The summed E-state index contributed by atoms with van der Waals surface area (Å²) in [5, 5.41) is 3.91. The second-order valence-electron chi connectivity index (χ2n) is 9.50. The van der Waals surface area contributed by atoms with Gasteiger partial charge in [0.1, 0.15) is 5.52 Å². The topological polar surface area (TPSA) is 94.6 Å². The fourth-order valence-corrected chi connectivity index (χ4v) is 5.94. The van der Waals surface area contributed by atoms with Gasteiger partial charge >= 0.3 is 0 Å². The summed E-state index contributed by atoms with van der Waals surface area (Å²) < 4.78 is 77.9. The van der Waals surface area contributed by atoms with E-state index in [9.17, 15) is 8.42 Å². The van der Waals surface area contributed by atoms with Crippen LogP contribution in [0.25, 0.3) is 10.9 Å². The minimum Gasteiger partial charge on any atom is -0.351 e. The number of hydrogen-bond acceptors (Lipinski definition) is 8. The SMILES string of the molecule is [2H]C([2H])([2H])N1CC2(CN(c3nc(C)cc4cnc(NC5CCN(S(C)(=O)=O)CC5)nc34)CC2(F)F)C1. The van der Waals surface area contributed by atoms with Crippen LogP contribution in [0.2, 0.25) is 0 Å². The van der Waals surface area contributed by atoms with Crippen molar-refractivity contribution in [3.05, 3.63) is 18.0 Å². The molecule has 0 amide bonds. The number of fused-ring (bicyclic) bond motifs is 1. The van der Waals surface area contributed by atoms with Gasteiger partial charge < -0.3 is 15.1 Å². The van der Waals surface area contributed by atoms with E-state index in [-0.39, 0.29) is 25.7 Å². The molecule has 0 unspecified atom stereocenters. The van der Waals surface area contributed by atoms with Crippen molar-refractivity contribution in [3.8, 4) is 0 Å². The highest BCUT2D eigenvalue weighted by Crippen LogP contribution is 2.50. The number of pyridine rings is 1. The quantitative estimate of drug-likeness (QED) is 0.699. The molecular formula is C21H29F2N7O2S. The van der Waals surface area contributed by atoms with E-state index in [1.807, 2.05) is 0 Å². The van der Waals surface area contributed by atoms with Gasteiger partial charge in [0.2, 0.25) is 16.0 Å². The number of anilines is 2. The molecule has 0 saturated carbocycles. The largest absolute Gasteiger partial charge is 0.351 e. The van der Waals surface area contributed by atoms with Crippen molar-refractivity contribution in [3.63, 3.8) is 0 Å². The van der Waals surface area contributed by atoms with Crippen LogP contribution in [0.5, 0.6) is 0 Å². The zero-order valence-corrected chi connectivity index (χ0v) is 19.4. The van der Waals surface area contributed by atoms with Crippen LogP contribution in [0.3, 0.4) is 0 Å². The lowest BCUT2D eigenvalue weighted by atomic mass is 9.76. The van der Waals surface area contributed by atoms with E-state index in [0.717, 1.165) is 4.90 Å². The van der Waals surface area contributed by atoms with Gasteiger partial charge in [0.05, 0.1) is 18.2 Å². The summed E-state index contributed by atoms with van der Waals surface area (Å²) in [6.45, 7) is -0.820. The first-order valence-electron chi connectivity index (χ1n) is 12.4. The van der Waals surface area contributed by atoms with Crippen LogP contribution in [0.4, 0.5) is 20.5 Å². The molecule has 0 aromatic carbocycles. The van der Waals surface area contributed by atoms with E-state index in [0.29, 0.717) is 54.3 Å². The monoisotopic (exact) mass is 484 g/mol. The van der Waals surface area contributed by atoms with Crippen molar-refractivity contribution in [1.29, 1.82) is 0 Å². The van der Waals surface area contributed by atoms with Crippen LogP contribution in [-0.4, -0.2) is 97.0 Å². The highest BCUT2D eigenvalue weighted by atomic mass is 32.2. The Hall–Kier alpha value is -2.18. The lowest BCUT2D eigenvalue weighted by molar-refractivity contribution is -0.149. The molecule has 2 aromatic heterocycles. The molecule has 1 spiro atoms. The number of nitrogens with one attached hydrogen (secondary N) is 1. The molecule has 0 bridgehead atoms. The summed E-state index contributed by atoms with van der Waals surface area (Å²) in [5.41, 5.74) is -0.371. The third-order valence-electron chi connectivity index (χ3n) is 6.88. The van der Waals surface area contributed by atoms with Crippen LogP contribution in [0, 0.1) is 12.3 Å². The normalized spacial score (nSPS) is 25.6. The number of nitrogens with zero attached hydrogens (tertiary/aromatic N) is 6. The number of halogens is 2. The van der Waals surface area contributed by atoms with Gasteiger partial charge in [-0.3, -0.25) is 0 Å². The maximum Gasteiger partial charge on any atom is 0.274 e. The lowest BCUT2D eigenvalue weighted by Gasteiger charge is -2.48. The average Bonchev–Trinajstić information content (AvgIpc) is 3.02. The second kappa shape index (κ2) is 7.67. The third kappa shape index (κ3) is 4.01. The zero-order valence-electron chi connectivity index (χ0n) is 21.6. The van der Waals surface area contributed by atoms with Crippen molar-refractivity contribution in [2.45, 2.75) is 31.7 Å². The fourth-order valence-electron chi connectivity index (χ4n) is 5.07. The van der Waals surface area contributed by atoms with Gasteiger partial charge in [0, 0.05) is 60.2 Å². The van der Waals surface area contributed by atoms with Crippen LogP contribution in [-0.2, 0) is 10.0 Å². The van der Waals surface area contributed by atoms with Crippen LogP contribution in [0.15, 0.2) is 12.3 Å². The number of hydrogen-bond donors (Lipinski definition) is 1. The number of aryl methyl sites for hydroxylation is 1. The predicted octanol–water partition coefficient (Wildman–Crippen LogP) is 1.56. The Bertz CT molecular complexity index is 1280. The molecule has 2 aromatic rings. The van der Waals surface area contributed by atoms with E-state index in [2.05, 4.69) is 20.3 Å². The molecule has 9 nitrogen and oxygen atoms in total. The molecule has 1 N–H and O–H groups in total. The second-order valence-corrected chi connectivity index (χ2v) is 11.5. The molecule has 180 valence electrons.